The zero-order valence-electron chi connectivity index (χ0n) is 13.7. The van der Waals surface area contributed by atoms with Gasteiger partial charge in [-0.1, -0.05) is 18.2 Å². The van der Waals surface area contributed by atoms with Gasteiger partial charge in [-0.05, 0) is 36.4 Å². The van der Waals surface area contributed by atoms with Crippen LogP contribution in [0.3, 0.4) is 0 Å². The Balaban J connectivity index is 1.85. The largest absolute Gasteiger partial charge is 0.434 e. The molecule has 140 valence electrons. The van der Waals surface area contributed by atoms with E-state index in [0.717, 1.165) is 6.20 Å². The Morgan fingerprint density at radius 3 is 2.37 bits per heavy atom. The Morgan fingerprint density at radius 2 is 1.78 bits per heavy atom. The van der Waals surface area contributed by atoms with Crippen molar-refractivity contribution >= 4 is 34.8 Å². The summed E-state index contributed by atoms with van der Waals surface area (Å²) in [5.41, 5.74) is -0.458. The standard InChI is InChI=1S/C18H13ClF3N3O2/c19-24-12-6-8-14(9-7-12)27-17(26)15-10-25(13-4-2-1-3-5-13)11-16(23-15)18(20,21)22/h1-9,11,24H,10H2. The molecule has 5 nitrogen and oxygen atoms in total. The van der Waals surface area contributed by atoms with Gasteiger partial charge in [0.05, 0.1) is 6.54 Å². The van der Waals surface area contributed by atoms with Crippen LogP contribution in [-0.2, 0) is 4.79 Å². The summed E-state index contributed by atoms with van der Waals surface area (Å²) >= 11 is 5.44. The number of rotatable bonds is 4. The number of carbonyl (C=O) groups is 1. The maximum atomic E-state index is 13.2. The first-order chi connectivity index (χ1) is 12.9. The zero-order valence-corrected chi connectivity index (χ0v) is 14.5. The molecule has 1 aliphatic rings. The van der Waals surface area contributed by atoms with Gasteiger partial charge in [-0.2, -0.15) is 13.2 Å². The van der Waals surface area contributed by atoms with Crippen molar-refractivity contribution in [3.05, 3.63) is 66.5 Å². The molecule has 0 fully saturated rings. The predicted octanol–water partition coefficient (Wildman–Crippen LogP) is 4.52. The van der Waals surface area contributed by atoms with Gasteiger partial charge >= 0.3 is 12.1 Å². The van der Waals surface area contributed by atoms with Crippen molar-refractivity contribution in [3.63, 3.8) is 0 Å². The van der Waals surface area contributed by atoms with E-state index in [0.29, 0.717) is 11.4 Å². The molecule has 0 aromatic heterocycles. The van der Waals surface area contributed by atoms with E-state index in [-0.39, 0.29) is 18.0 Å². The SMILES string of the molecule is O=C(Oc1ccc(NCl)cc1)C1=NC(C(F)(F)F)=CN(c2ccccc2)C1. The Morgan fingerprint density at radius 1 is 1.11 bits per heavy atom. The fourth-order valence-corrected chi connectivity index (χ4v) is 2.47. The fraction of sp³-hybridized carbons (Fsp3) is 0.111. The first-order valence-corrected chi connectivity index (χ1v) is 8.12. The molecule has 0 saturated heterocycles. The number of esters is 1. The minimum Gasteiger partial charge on any atom is -0.422 e. The summed E-state index contributed by atoms with van der Waals surface area (Å²) in [6, 6.07) is 14.4. The van der Waals surface area contributed by atoms with Crippen molar-refractivity contribution in [2.45, 2.75) is 6.18 Å². The highest BCUT2D eigenvalue weighted by Crippen LogP contribution is 2.31. The number of carbonyl (C=O) groups excluding carboxylic acids is 1. The lowest BCUT2D eigenvalue weighted by Gasteiger charge is -2.26. The van der Waals surface area contributed by atoms with Crippen molar-refractivity contribution in [2.75, 3.05) is 16.3 Å². The number of hydrogen-bond acceptors (Lipinski definition) is 5. The summed E-state index contributed by atoms with van der Waals surface area (Å²) < 4.78 is 44.7. The summed E-state index contributed by atoms with van der Waals surface area (Å²) in [4.78, 5) is 19.5. The molecule has 0 unspecified atom stereocenters. The lowest BCUT2D eigenvalue weighted by molar-refractivity contribution is -0.127. The van der Waals surface area contributed by atoms with E-state index in [1.807, 2.05) is 0 Å². The van der Waals surface area contributed by atoms with E-state index in [1.54, 1.807) is 42.5 Å². The number of halogens is 4. The number of alkyl halides is 3. The summed E-state index contributed by atoms with van der Waals surface area (Å²) in [6.45, 7) is -0.149. The first-order valence-electron chi connectivity index (χ1n) is 7.74. The fourth-order valence-electron chi connectivity index (χ4n) is 2.35. The molecule has 0 atom stereocenters. The van der Waals surface area contributed by atoms with Gasteiger partial charge in [0.25, 0.3) is 0 Å². The molecule has 1 N–H and O–H groups in total. The third-order valence-corrected chi connectivity index (χ3v) is 3.86. The molecule has 0 radical (unpaired) electrons. The number of nitrogens with one attached hydrogen (secondary N) is 1. The molecule has 9 heteroatoms. The molecule has 2 aromatic rings. The van der Waals surface area contributed by atoms with Crippen molar-refractivity contribution in [1.82, 2.24) is 0 Å². The highest BCUT2D eigenvalue weighted by atomic mass is 35.5. The Kier molecular flexibility index (Phi) is 5.36. The van der Waals surface area contributed by atoms with Gasteiger partial charge in [-0.15, -0.1) is 0 Å². The van der Waals surface area contributed by atoms with Crippen LogP contribution >= 0.6 is 11.8 Å². The monoisotopic (exact) mass is 395 g/mol. The molecule has 0 aliphatic carbocycles. The van der Waals surface area contributed by atoms with Gasteiger partial charge < -0.3 is 9.64 Å². The van der Waals surface area contributed by atoms with E-state index >= 15 is 0 Å². The highest BCUT2D eigenvalue weighted by molar-refractivity contribution is 6.39. The molecule has 0 spiro atoms. The smallest absolute Gasteiger partial charge is 0.422 e. The maximum Gasteiger partial charge on any atom is 0.434 e. The van der Waals surface area contributed by atoms with Crippen LogP contribution in [-0.4, -0.2) is 24.4 Å². The second-order valence-corrected chi connectivity index (χ2v) is 5.73. The molecule has 2 aromatic carbocycles. The Bertz CT molecular complexity index is 881. The molecular weight excluding hydrogens is 383 g/mol. The summed E-state index contributed by atoms with van der Waals surface area (Å²) in [6.07, 6.45) is -3.83. The van der Waals surface area contributed by atoms with Crippen LogP contribution in [0.1, 0.15) is 0 Å². The number of aliphatic imine (C=N–C) groups is 1. The summed E-state index contributed by atoms with van der Waals surface area (Å²) in [7, 11) is 0. The number of para-hydroxylation sites is 1. The van der Waals surface area contributed by atoms with Crippen LogP contribution < -0.4 is 14.5 Å². The second kappa shape index (κ2) is 7.71. The molecule has 1 aliphatic heterocycles. The van der Waals surface area contributed by atoms with Gasteiger partial charge in [-0.3, -0.25) is 4.84 Å². The first kappa shape index (κ1) is 18.8. The minimum absolute atomic E-state index is 0.149. The van der Waals surface area contributed by atoms with Crippen LogP contribution in [0.5, 0.6) is 5.75 Å². The van der Waals surface area contributed by atoms with Gasteiger partial charge in [0.1, 0.15) is 11.5 Å². The summed E-state index contributed by atoms with van der Waals surface area (Å²) in [5.74, 6) is -0.801. The molecule has 0 bridgehead atoms. The van der Waals surface area contributed by atoms with Crippen molar-refractivity contribution in [1.29, 1.82) is 0 Å². The van der Waals surface area contributed by atoms with Crippen LogP contribution in [0.2, 0.25) is 0 Å². The van der Waals surface area contributed by atoms with E-state index in [9.17, 15) is 18.0 Å². The molecular formula is C18H13ClF3N3O2. The average molecular weight is 396 g/mol. The lowest BCUT2D eigenvalue weighted by atomic mass is 10.2. The number of ether oxygens (including phenoxy) is 1. The molecule has 0 amide bonds. The molecule has 3 rings (SSSR count). The van der Waals surface area contributed by atoms with Crippen molar-refractivity contribution in [3.8, 4) is 5.75 Å². The number of benzene rings is 2. The topological polar surface area (TPSA) is 53.9 Å². The van der Waals surface area contributed by atoms with E-state index < -0.39 is 17.8 Å². The molecule has 0 saturated carbocycles. The van der Waals surface area contributed by atoms with Crippen molar-refractivity contribution in [2.24, 2.45) is 4.99 Å². The Hall–Kier alpha value is -3.00. The maximum absolute atomic E-state index is 13.2. The second-order valence-electron chi connectivity index (χ2n) is 5.54. The molecule has 27 heavy (non-hydrogen) atoms. The van der Waals surface area contributed by atoms with Gasteiger partial charge in [0.15, 0.2) is 5.70 Å². The van der Waals surface area contributed by atoms with Gasteiger partial charge in [0, 0.05) is 29.4 Å². The van der Waals surface area contributed by atoms with Gasteiger partial charge in [-0.25, -0.2) is 9.79 Å². The Labute approximate surface area is 157 Å². The van der Waals surface area contributed by atoms with E-state index in [4.69, 9.17) is 16.5 Å². The van der Waals surface area contributed by atoms with E-state index in [2.05, 4.69) is 9.83 Å². The third-order valence-electron chi connectivity index (χ3n) is 3.64. The number of nitrogens with zero attached hydrogens (tertiary/aromatic N) is 2. The number of hydrogen-bond donors (Lipinski definition) is 1. The summed E-state index contributed by atoms with van der Waals surface area (Å²) in [5, 5.41) is 0. The third kappa shape index (κ3) is 4.59. The predicted molar refractivity (Wildman–Crippen MR) is 96.9 cm³/mol. The number of anilines is 2. The quantitative estimate of drug-likeness (QED) is 0.470. The number of allylic oxidation sites excluding steroid dienone is 1. The zero-order chi connectivity index (χ0) is 19.4. The molecule has 1 heterocycles. The van der Waals surface area contributed by atoms with E-state index in [1.165, 1.54) is 17.0 Å². The van der Waals surface area contributed by atoms with Crippen LogP contribution in [0.4, 0.5) is 24.5 Å². The van der Waals surface area contributed by atoms with Crippen LogP contribution in [0, 0.1) is 0 Å². The lowest BCUT2D eigenvalue weighted by Crippen LogP contribution is -2.37. The normalized spacial score (nSPS) is 14.3. The van der Waals surface area contributed by atoms with Crippen molar-refractivity contribution < 1.29 is 22.7 Å². The van der Waals surface area contributed by atoms with Crippen LogP contribution in [0.15, 0.2) is 71.5 Å². The van der Waals surface area contributed by atoms with Crippen LogP contribution in [0.25, 0.3) is 0 Å². The average Bonchev–Trinajstić information content (AvgIpc) is 2.68. The van der Waals surface area contributed by atoms with Gasteiger partial charge in [0.2, 0.25) is 0 Å². The highest BCUT2D eigenvalue weighted by Gasteiger charge is 2.38. The minimum atomic E-state index is -4.70.